The molecular weight excluding hydrogens is 418 g/mol. The Morgan fingerprint density at radius 3 is 2.55 bits per heavy atom. The van der Waals surface area contributed by atoms with Crippen molar-refractivity contribution in [2.45, 2.75) is 32.5 Å². The zero-order chi connectivity index (χ0) is 22.2. The van der Waals surface area contributed by atoms with Gasteiger partial charge in [0.15, 0.2) is 9.84 Å². The molecule has 164 valence electrons. The predicted molar refractivity (Wildman–Crippen MR) is 118 cm³/mol. The van der Waals surface area contributed by atoms with Gasteiger partial charge in [0.1, 0.15) is 17.1 Å². The summed E-state index contributed by atoms with van der Waals surface area (Å²) < 4.78 is 34.9. The Balaban J connectivity index is 1.72. The molecule has 1 aliphatic heterocycles. The number of sulfone groups is 1. The molecule has 1 aliphatic rings. The highest BCUT2D eigenvalue weighted by molar-refractivity contribution is 7.91. The number of methoxy groups -OCH3 is 1. The molecular formula is C23H25NO6S. The second-order valence-corrected chi connectivity index (χ2v) is 10.2. The summed E-state index contributed by atoms with van der Waals surface area (Å²) in [5, 5.41) is 10.7. The second kappa shape index (κ2) is 8.36. The van der Waals surface area contributed by atoms with Crippen LogP contribution in [0.5, 0.6) is 11.5 Å². The maximum Gasteiger partial charge on any atom is 0.336 e. The number of hydrogen-bond acceptors (Lipinski definition) is 7. The summed E-state index contributed by atoms with van der Waals surface area (Å²) in [7, 11) is -1.47. The van der Waals surface area contributed by atoms with E-state index in [-0.39, 0.29) is 23.3 Å². The van der Waals surface area contributed by atoms with Gasteiger partial charge in [0.05, 0.1) is 18.6 Å². The number of phenolic OH excluding ortho intramolecular Hbond substituents is 1. The number of nitrogens with zero attached hydrogens (tertiary/aromatic N) is 1. The Morgan fingerprint density at radius 2 is 1.90 bits per heavy atom. The van der Waals surface area contributed by atoms with Gasteiger partial charge in [0.25, 0.3) is 0 Å². The van der Waals surface area contributed by atoms with E-state index in [9.17, 15) is 18.3 Å². The first kappa shape index (κ1) is 21.4. The van der Waals surface area contributed by atoms with Gasteiger partial charge >= 0.3 is 5.63 Å². The monoisotopic (exact) mass is 443 g/mol. The summed E-state index contributed by atoms with van der Waals surface area (Å²) in [5.41, 5.74) is 2.12. The third kappa shape index (κ3) is 4.60. The minimum atomic E-state index is -3.07. The van der Waals surface area contributed by atoms with Crippen LogP contribution in [-0.2, 0) is 22.9 Å². The third-order valence-electron chi connectivity index (χ3n) is 5.86. The van der Waals surface area contributed by atoms with Crippen LogP contribution in [0.15, 0.2) is 51.7 Å². The van der Waals surface area contributed by atoms with Gasteiger partial charge in [-0.1, -0.05) is 12.1 Å². The number of ether oxygens (including phenoxy) is 1. The molecule has 7 nitrogen and oxygen atoms in total. The van der Waals surface area contributed by atoms with Crippen LogP contribution in [-0.4, -0.2) is 43.1 Å². The molecule has 0 saturated carbocycles. The van der Waals surface area contributed by atoms with Crippen molar-refractivity contribution in [3.8, 4) is 11.5 Å². The first-order valence-electron chi connectivity index (χ1n) is 10.1. The molecule has 2 aromatic carbocycles. The number of rotatable bonds is 6. The number of benzene rings is 2. The predicted octanol–water partition coefficient (Wildman–Crippen LogP) is 3.00. The van der Waals surface area contributed by atoms with Crippen LogP contribution < -0.4 is 10.4 Å². The summed E-state index contributed by atoms with van der Waals surface area (Å²) in [6.45, 7) is 2.62. The van der Waals surface area contributed by atoms with Crippen LogP contribution >= 0.6 is 0 Å². The molecule has 4 rings (SSSR count). The van der Waals surface area contributed by atoms with Crippen molar-refractivity contribution in [3.63, 3.8) is 0 Å². The van der Waals surface area contributed by atoms with Gasteiger partial charge in [-0.15, -0.1) is 0 Å². The van der Waals surface area contributed by atoms with Crippen LogP contribution in [0.25, 0.3) is 11.0 Å². The van der Waals surface area contributed by atoms with Crippen molar-refractivity contribution in [1.29, 1.82) is 0 Å². The smallest absolute Gasteiger partial charge is 0.336 e. The summed E-state index contributed by atoms with van der Waals surface area (Å²) in [6, 6.07) is 12.3. The van der Waals surface area contributed by atoms with Crippen LogP contribution in [0.4, 0.5) is 0 Å². The van der Waals surface area contributed by atoms with E-state index < -0.39 is 15.5 Å². The van der Waals surface area contributed by atoms with Gasteiger partial charge in [-0.05, 0) is 48.7 Å². The highest BCUT2D eigenvalue weighted by Crippen LogP contribution is 2.30. The molecule has 0 radical (unpaired) electrons. The molecule has 2 heterocycles. The van der Waals surface area contributed by atoms with E-state index in [2.05, 4.69) is 4.90 Å². The number of phenols is 1. The number of aromatic hydroxyl groups is 1. The highest BCUT2D eigenvalue weighted by Gasteiger charge is 2.32. The maximum absolute atomic E-state index is 12.2. The number of fused-ring (bicyclic) bond motifs is 1. The lowest BCUT2D eigenvalue weighted by molar-refractivity contribution is 0.194. The Labute approximate surface area is 180 Å². The van der Waals surface area contributed by atoms with Crippen molar-refractivity contribution in [2.75, 3.05) is 18.6 Å². The molecule has 0 spiro atoms. The van der Waals surface area contributed by atoms with Gasteiger partial charge < -0.3 is 14.3 Å². The van der Waals surface area contributed by atoms with Gasteiger partial charge in [0.2, 0.25) is 0 Å². The van der Waals surface area contributed by atoms with E-state index in [1.54, 1.807) is 26.2 Å². The molecule has 0 aliphatic carbocycles. The lowest BCUT2D eigenvalue weighted by Gasteiger charge is -2.28. The molecule has 31 heavy (non-hydrogen) atoms. The number of hydrogen-bond donors (Lipinski definition) is 1. The zero-order valence-corrected chi connectivity index (χ0v) is 18.3. The van der Waals surface area contributed by atoms with Crippen molar-refractivity contribution < 1.29 is 22.7 Å². The fourth-order valence-electron chi connectivity index (χ4n) is 4.11. The lowest BCUT2D eigenvalue weighted by atomic mass is 10.0. The van der Waals surface area contributed by atoms with Gasteiger partial charge in [-0.2, -0.15) is 0 Å². The minimum absolute atomic E-state index is 0.0600. The largest absolute Gasteiger partial charge is 0.508 e. The topological polar surface area (TPSA) is 97.0 Å². The quantitative estimate of drug-likeness (QED) is 0.585. The molecule has 1 saturated heterocycles. The van der Waals surface area contributed by atoms with E-state index >= 15 is 0 Å². The summed E-state index contributed by atoms with van der Waals surface area (Å²) in [4.78, 5) is 14.3. The highest BCUT2D eigenvalue weighted by atomic mass is 32.2. The normalized spacial score (nSPS) is 18.0. The van der Waals surface area contributed by atoms with Gasteiger partial charge in [-0.25, -0.2) is 13.2 Å². The SMILES string of the molecule is COc1ccc(CN(Cc2cc(=O)oc3c(C)c(O)ccc23)C2CCS(=O)(=O)C2)cc1. The second-order valence-electron chi connectivity index (χ2n) is 7.99. The fourth-order valence-corrected chi connectivity index (χ4v) is 5.87. The maximum atomic E-state index is 12.2. The van der Waals surface area contributed by atoms with Gasteiger partial charge in [-0.3, -0.25) is 4.90 Å². The molecule has 1 aromatic heterocycles. The van der Waals surface area contributed by atoms with Crippen LogP contribution in [0, 0.1) is 6.92 Å². The van der Waals surface area contributed by atoms with Gasteiger partial charge in [0, 0.05) is 36.1 Å². The molecule has 8 heteroatoms. The molecule has 1 atom stereocenters. The fraction of sp³-hybridized carbons (Fsp3) is 0.348. The van der Waals surface area contributed by atoms with E-state index in [0.29, 0.717) is 30.7 Å². The Hall–Kier alpha value is -2.84. The number of aryl methyl sites for hydroxylation is 1. The lowest BCUT2D eigenvalue weighted by Crippen LogP contribution is -2.35. The Kier molecular flexibility index (Phi) is 5.77. The van der Waals surface area contributed by atoms with Crippen molar-refractivity contribution in [3.05, 3.63) is 69.6 Å². The molecule has 3 aromatic rings. The average Bonchev–Trinajstić information content (AvgIpc) is 3.10. The molecule has 0 amide bonds. The van der Waals surface area contributed by atoms with Crippen LogP contribution in [0.2, 0.25) is 0 Å². The van der Waals surface area contributed by atoms with Crippen molar-refractivity contribution >= 4 is 20.8 Å². The Morgan fingerprint density at radius 1 is 1.16 bits per heavy atom. The van der Waals surface area contributed by atoms with E-state index in [1.807, 2.05) is 24.3 Å². The Bertz CT molecular complexity index is 1260. The zero-order valence-electron chi connectivity index (χ0n) is 17.5. The van der Waals surface area contributed by atoms with E-state index in [1.165, 1.54) is 6.07 Å². The molecule has 1 N–H and O–H groups in total. The minimum Gasteiger partial charge on any atom is -0.508 e. The molecule has 0 bridgehead atoms. The first-order valence-corrected chi connectivity index (χ1v) is 11.9. The molecule has 1 unspecified atom stereocenters. The average molecular weight is 444 g/mol. The summed E-state index contributed by atoms with van der Waals surface area (Å²) >= 11 is 0. The summed E-state index contributed by atoms with van der Waals surface area (Å²) in [6.07, 6.45) is 0.553. The molecule has 1 fully saturated rings. The van der Waals surface area contributed by atoms with E-state index in [0.717, 1.165) is 22.3 Å². The first-order chi connectivity index (χ1) is 14.8. The summed E-state index contributed by atoms with van der Waals surface area (Å²) in [5.74, 6) is 1.08. The van der Waals surface area contributed by atoms with Crippen molar-refractivity contribution in [1.82, 2.24) is 4.90 Å². The van der Waals surface area contributed by atoms with Crippen LogP contribution in [0.1, 0.15) is 23.1 Å². The van der Waals surface area contributed by atoms with E-state index in [4.69, 9.17) is 9.15 Å². The third-order valence-corrected chi connectivity index (χ3v) is 7.61. The van der Waals surface area contributed by atoms with Crippen molar-refractivity contribution in [2.24, 2.45) is 0 Å². The van der Waals surface area contributed by atoms with Crippen LogP contribution in [0.3, 0.4) is 0 Å². The standard InChI is InChI=1S/C23H25NO6S/c1-15-21(25)8-7-20-17(11-22(26)30-23(15)20)13-24(18-9-10-31(27,28)14-18)12-16-3-5-19(29-2)6-4-16/h3-8,11,18,25H,9-10,12-14H2,1-2H3.